The molecule has 21 heavy (non-hydrogen) atoms. The fourth-order valence-electron chi connectivity index (χ4n) is 1.88. The van der Waals surface area contributed by atoms with Gasteiger partial charge >= 0.3 is 0 Å². The zero-order valence-corrected chi connectivity index (χ0v) is 12.3. The molecule has 5 nitrogen and oxygen atoms in total. The maximum absolute atomic E-state index is 11.1. The molecule has 0 aromatic heterocycles. The lowest BCUT2D eigenvalue weighted by molar-refractivity contribution is -0.384. The van der Waals surface area contributed by atoms with Crippen molar-refractivity contribution in [3.8, 4) is 0 Å². The van der Waals surface area contributed by atoms with Crippen LogP contribution in [0.2, 0.25) is 0 Å². The van der Waals surface area contributed by atoms with Gasteiger partial charge in [-0.15, -0.1) is 11.8 Å². The third-order valence-electron chi connectivity index (χ3n) is 2.92. The van der Waals surface area contributed by atoms with Gasteiger partial charge in [0.15, 0.2) is 0 Å². The number of benzene rings is 2. The minimum absolute atomic E-state index is 0.0719. The normalized spacial score (nSPS) is 10.3. The van der Waals surface area contributed by atoms with Crippen molar-refractivity contribution < 1.29 is 4.92 Å². The Labute approximate surface area is 127 Å². The van der Waals surface area contributed by atoms with Crippen LogP contribution in [0.4, 0.5) is 11.4 Å². The Balaban J connectivity index is 1.92. The molecule has 3 N–H and O–H groups in total. The van der Waals surface area contributed by atoms with E-state index in [9.17, 15) is 10.1 Å². The number of thioether (sulfide) groups is 1. The van der Waals surface area contributed by atoms with Gasteiger partial charge in [0.05, 0.1) is 4.92 Å². The van der Waals surface area contributed by atoms with Crippen LogP contribution in [0.5, 0.6) is 0 Å². The van der Waals surface area contributed by atoms with Crippen molar-refractivity contribution in [1.82, 2.24) is 0 Å². The molecule has 0 amide bonds. The van der Waals surface area contributed by atoms with E-state index in [1.54, 1.807) is 23.9 Å². The minimum atomic E-state index is -0.383. The smallest absolute Gasteiger partial charge is 0.292 e. The summed E-state index contributed by atoms with van der Waals surface area (Å²) in [6, 6.07) is 15.1. The summed E-state index contributed by atoms with van der Waals surface area (Å²) in [4.78, 5) is 11.9. The lowest BCUT2D eigenvalue weighted by Gasteiger charge is -2.08. The summed E-state index contributed by atoms with van der Waals surface area (Å²) in [6.45, 7) is 0.952. The number of hydrogen-bond acceptors (Lipinski definition) is 5. The van der Waals surface area contributed by atoms with E-state index in [0.717, 1.165) is 11.3 Å². The van der Waals surface area contributed by atoms with Crippen molar-refractivity contribution in [1.29, 1.82) is 0 Å². The van der Waals surface area contributed by atoms with Crippen molar-refractivity contribution in [2.24, 2.45) is 5.73 Å². The molecule has 0 saturated carbocycles. The molecule has 0 fully saturated rings. The molecule has 0 bridgehead atoms. The maximum Gasteiger partial charge on any atom is 0.292 e. The summed E-state index contributed by atoms with van der Waals surface area (Å²) in [6.07, 6.45) is 0. The Morgan fingerprint density at radius 1 is 1.19 bits per heavy atom. The molecule has 0 spiro atoms. The fraction of sp³-hybridized carbons (Fsp3) is 0.200. The third-order valence-corrected chi connectivity index (χ3v) is 3.94. The molecule has 0 aliphatic heterocycles. The van der Waals surface area contributed by atoms with Gasteiger partial charge < -0.3 is 11.1 Å². The highest BCUT2D eigenvalue weighted by Gasteiger charge is 2.13. The monoisotopic (exact) mass is 303 g/mol. The molecule has 6 heteroatoms. The SMILES string of the molecule is NCc1ccc(NCCSc2ccccc2)c([N+](=O)[O-])c1. The van der Waals surface area contributed by atoms with Crippen LogP contribution in [-0.4, -0.2) is 17.2 Å². The number of nitrogens with two attached hydrogens (primary N) is 1. The highest BCUT2D eigenvalue weighted by molar-refractivity contribution is 7.99. The Morgan fingerprint density at radius 3 is 2.62 bits per heavy atom. The highest BCUT2D eigenvalue weighted by atomic mass is 32.2. The van der Waals surface area contributed by atoms with Crippen molar-refractivity contribution in [2.75, 3.05) is 17.6 Å². The van der Waals surface area contributed by atoms with Crippen LogP contribution in [0.15, 0.2) is 53.4 Å². The molecule has 0 aliphatic carbocycles. The van der Waals surface area contributed by atoms with Crippen molar-refractivity contribution in [3.05, 3.63) is 64.2 Å². The Kier molecular flexibility index (Phi) is 5.59. The standard InChI is InChI=1S/C15H17N3O2S/c16-11-12-6-7-14(15(10-12)18(19)20)17-8-9-21-13-4-2-1-3-5-13/h1-7,10,17H,8-9,11,16H2. The largest absolute Gasteiger partial charge is 0.379 e. The van der Waals surface area contributed by atoms with Crippen LogP contribution < -0.4 is 11.1 Å². The predicted octanol–water partition coefficient (Wildman–Crippen LogP) is 3.26. The molecule has 0 saturated heterocycles. The van der Waals surface area contributed by atoms with Crippen LogP contribution in [0.3, 0.4) is 0 Å². The second-order valence-corrected chi connectivity index (χ2v) is 5.57. The second-order valence-electron chi connectivity index (χ2n) is 4.40. The van der Waals surface area contributed by atoms with Gasteiger partial charge in [0.25, 0.3) is 5.69 Å². The number of nitrogens with zero attached hydrogens (tertiary/aromatic N) is 1. The van der Waals surface area contributed by atoms with E-state index < -0.39 is 0 Å². The first kappa shape index (κ1) is 15.3. The van der Waals surface area contributed by atoms with Gasteiger partial charge in [-0.05, 0) is 23.8 Å². The number of nitrogens with one attached hydrogen (secondary N) is 1. The number of nitro groups is 1. The zero-order chi connectivity index (χ0) is 15.1. The number of hydrogen-bond donors (Lipinski definition) is 2. The third kappa shape index (κ3) is 4.47. The van der Waals surface area contributed by atoms with Crippen LogP contribution in [0.25, 0.3) is 0 Å². The van der Waals surface area contributed by atoms with E-state index >= 15 is 0 Å². The fourth-order valence-corrected chi connectivity index (χ4v) is 2.67. The summed E-state index contributed by atoms with van der Waals surface area (Å²) in [5.41, 5.74) is 6.87. The summed E-state index contributed by atoms with van der Waals surface area (Å²) in [7, 11) is 0. The number of rotatable bonds is 7. The van der Waals surface area contributed by atoms with E-state index in [0.29, 0.717) is 18.8 Å². The number of nitro benzene ring substituents is 1. The van der Waals surface area contributed by atoms with Gasteiger partial charge in [-0.25, -0.2) is 0 Å². The van der Waals surface area contributed by atoms with E-state index in [1.807, 2.05) is 30.3 Å². The van der Waals surface area contributed by atoms with Gasteiger partial charge in [-0.1, -0.05) is 24.3 Å². The molecule has 0 atom stereocenters. The molecule has 0 radical (unpaired) electrons. The van der Waals surface area contributed by atoms with Crippen molar-refractivity contribution in [2.45, 2.75) is 11.4 Å². The first-order valence-electron chi connectivity index (χ1n) is 6.60. The molecule has 2 aromatic rings. The molecular formula is C15H17N3O2S. The van der Waals surface area contributed by atoms with Gasteiger partial charge in [0.1, 0.15) is 5.69 Å². The molecule has 0 unspecified atom stereocenters. The first-order chi connectivity index (χ1) is 10.2. The van der Waals surface area contributed by atoms with Gasteiger partial charge in [0.2, 0.25) is 0 Å². The van der Waals surface area contributed by atoms with E-state index in [2.05, 4.69) is 5.32 Å². The quantitative estimate of drug-likeness (QED) is 0.355. The maximum atomic E-state index is 11.1. The summed E-state index contributed by atoms with van der Waals surface area (Å²) in [5.74, 6) is 0.833. The molecule has 0 aliphatic rings. The van der Waals surface area contributed by atoms with E-state index in [-0.39, 0.29) is 10.6 Å². The van der Waals surface area contributed by atoms with Crippen LogP contribution >= 0.6 is 11.8 Å². The van der Waals surface area contributed by atoms with Crippen molar-refractivity contribution >= 4 is 23.1 Å². The zero-order valence-electron chi connectivity index (χ0n) is 11.5. The highest BCUT2D eigenvalue weighted by Crippen LogP contribution is 2.25. The summed E-state index contributed by atoms with van der Waals surface area (Å²) in [5, 5.41) is 14.2. The van der Waals surface area contributed by atoms with Crippen LogP contribution in [0, 0.1) is 10.1 Å². The molecule has 0 heterocycles. The van der Waals surface area contributed by atoms with Crippen LogP contribution in [0.1, 0.15) is 5.56 Å². The summed E-state index contributed by atoms with van der Waals surface area (Å²) >= 11 is 1.71. The van der Waals surface area contributed by atoms with E-state index in [1.165, 1.54) is 11.0 Å². The molecule has 110 valence electrons. The Morgan fingerprint density at radius 2 is 1.95 bits per heavy atom. The molecular weight excluding hydrogens is 286 g/mol. The molecule has 2 rings (SSSR count). The topological polar surface area (TPSA) is 81.2 Å². The Hall–Kier alpha value is -2.05. The van der Waals surface area contributed by atoms with Crippen LogP contribution in [-0.2, 0) is 6.54 Å². The average molecular weight is 303 g/mol. The van der Waals surface area contributed by atoms with Crippen molar-refractivity contribution in [3.63, 3.8) is 0 Å². The lowest BCUT2D eigenvalue weighted by atomic mass is 10.1. The van der Waals surface area contributed by atoms with Gasteiger partial charge in [-0.2, -0.15) is 0 Å². The summed E-state index contributed by atoms with van der Waals surface area (Å²) < 4.78 is 0. The predicted molar refractivity (Wildman–Crippen MR) is 86.6 cm³/mol. The lowest BCUT2D eigenvalue weighted by Crippen LogP contribution is -2.07. The second kappa shape index (κ2) is 7.66. The average Bonchev–Trinajstić information content (AvgIpc) is 2.52. The number of anilines is 1. The van der Waals surface area contributed by atoms with E-state index in [4.69, 9.17) is 5.73 Å². The minimum Gasteiger partial charge on any atom is -0.379 e. The Bertz CT molecular complexity index is 605. The first-order valence-corrected chi connectivity index (χ1v) is 7.58. The van der Waals surface area contributed by atoms with Gasteiger partial charge in [0, 0.05) is 29.8 Å². The molecule has 2 aromatic carbocycles. The van der Waals surface area contributed by atoms with Gasteiger partial charge in [-0.3, -0.25) is 10.1 Å².